The molecule has 1 amide bonds. The van der Waals surface area contributed by atoms with Gasteiger partial charge in [0.15, 0.2) is 5.70 Å². The third-order valence-corrected chi connectivity index (χ3v) is 4.83. The van der Waals surface area contributed by atoms with E-state index in [1.807, 2.05) is 48.5 Å². The van der Waals surface area contributed by atoms with E-state index in [0.29, 0.717) is 28.6 Å². The molecule has 1 aliphatic heterocycles. The van der Waals surface area contributed by atoms with Crippen molar-refractivity contribution in [1.82, 2.24) is 0 Å². The van der Waals surface area contributed by atoms with E-state index in [0.717, 1.165) is 11.1 Å². The number of hydrogen-bond donors (Lipinski definition) is 1. The second-order valence-electron chi connectivity index (χ2n) is 7.08. The first kappa shape index (κ1) is 21.3. The first-order chi connectivity index (χ1) is 15.5. The molecule has 0 atom stereocenters. The molecule has 4 rings (SSSR count). The Hall–Kier alpha value is -3.90. The molecule has 0 unspecified atom stereocenters. The normalized spacial score (nSPS) is 14.1. The van der Waals surface area contributed by atoms with Gasteiger partial charge >= 0.3 is 5.97 Å². The number of rotatable bonds is 6. The molecule has 1 aliphatic rings. The van der Waals surface area contributed by atoms with Crippen LogP contribution in [0, 0.1) is 0 Å². The van der Waals surface area contributed by atoms with Gasteiger partial charge in [0.25, 0.3) is 0 Å². The molecule has 1 N–H and O–H groups in total. The van der Waals surface area contributed by atoms with Crippen molar-refractivity contribution in [3.8, 4) is 5.75 Å². The van der Waals surface area contributed by atoms with E-state index >= 15 is 0 Å². The third-order valence-electron chi connectivity index (χ3n) is 4.57. The van der Waals surface area contributed by atoms with E-state index in [4.69, 9.17) is 21.1 Å². The minimum absolute atomic E-state index is 0.158. The van der Waals surface area contributed by atoms with E-state index in [2.05, 4.69) is 10.3 Å². The summed E-state index contributed by atoms with van der Waals surface area (Å²) in [5.74, 6) is 0.251. The third kappa shape index (κ3) is 5.42. The van der Waals surface area contributed by atoms with Crippen LogP contribution in [0.15, 0.2) is 83.5 Å². The number of benzene rings is 3. The maximum atomic E-state index is 12.2. The van der Waals surface area contributed by atoms with Gasteiger partial charge in [0, 0.05) is 23.2 Å². The number of nitrogens with one attached hydrogen (secondary N) is 1. The highest BCUT2D eigenvalue weighted by Gasteiger charge is 2.24. The molecule has 0 radical (unpaired) electrons. The fraction of sp³-hybridized carbons (Fsp3) is 0.0800. The SMILES string of the molecule is CC(=O)Nc1ccc(C2=N/C(=C\c3ccc(OCc4ccc(Cl)cc4)cc3)C(=O)O2)cc1. The number of aliphatic imine (C=N–C) groups is 1. The highest BCUT2D eigenvalue weighted by molar-refractivity contribution is 6.30. The first-order valence-corrected chi connectivity index (χ1v) is 10.2. The molecular formula is C25H19ClN2O4. The Morgan fingerprint density at radius 3 is 2.38 bits per heavy atom. The highest BCUT2D eigenvalue weighted by atomic mass is 35.5. The Kier molecular flexibility index (Phi) is 6.33. The molecule has 6 nitrogen and oxygen atoms in total. The second-order valence-corrected chi connectivity index (χ2v) is 7.52. The summed E-state index contributed by atoms with van der Waals surface area (Å²) in [5, 5.41) is 3.37. The van der Waals surface area contributed by atoms with Crippen molar-refractivity contribution in [2.24, 2.45) is 4.99 Å². The number of ether oxygens (including phenoxy) is 2. The number of hydrogen-bond acceptors (Lipinski definition) is 5. The summed E-state index contributed by atoms with van der Waals surface area (Å²) >= 11 is 5.89. The van der Waals surface area contributed by atoms with Gasteiger partial charge in [-0.1, -0.05) is 35.9 Å². The van der Waals surface area contributed by atoms with Crippen LogP contribution in [0.3, 0.4) is 0 Å². The maximum Gasteiger partial charge on any atom is 0.363 e. The smallest absolute Gasteiger partial charge is 0.363 e. The lowest BCUT2D eigenvalue weighted by Gasteiger charge is -2.06. The van der Waals surface area contributed by atoms with Crippen LogP contribution in [0.5, 0.6) is 5.75 Å². The number of nitrogens with zero attached hydrogens (tertiary/aromatic N) is 1. The molecule has 0 saturated carbocycles. The number of carbonyl (C=O) groups is 2. The summed E-state index contributed by atoms with van der Waals surface area (Å²) in [7, 11) is 0. The number of cyclic esters (lactones) is 1. The number of carbonyl (C=O) groups excluding carboxylic acids is 2. The van der Waals surface area contributed by atoms with Crippen molar-refractivity contribution in [3.63, 3.8) is 0 Å². The number of anilines is 1. The van der Waals surface area contributed by atoms with Crippen LogP contribution < -0.4 is 10.1 Å². The molecule has 0 spiro atoms. The number of halogens is 1. The zero-order valence-electron chi connectivity index (χ0n) is 17.2. The Morgan fingerprint density at radius 1 is 1.03 bits per heavy atom. The summed E-state index contributed by atoms with van der Waals surface area (Å²) in [4.78, 5) is 27.7. The monoisotopic (exact) mass is 446 g/mol. The van der Waals surface area contributed by atoms with E-state index in [1.165, 1.54) is 6.92 Å². The predicted molar refractivity (Wildman–Crippen MR) is 124 cm³/mol. The van der Waals surface area contributed by atoms with Gasteiger partial charge in [-0.3, -0.25) is 4.79 Å². The molecule has 0 bridgehead atoms. The van der Waals surface area contributed by atoms with Gasteiger partial charge in [-0.05, 0) is 65.7 Å². The van der Waals surface area contributed by atoms with E-state index in [-0.39, 0.29) is 17.5 Å². The summed E-state index contributed by atoms with van der Waals surface area (Å²) in [6.07, 6.45) is 1.66. The molecule has 7 heteroatoms. The quantitative estimate of drug-likeness (QED) is 0.416. The van der Waals surface area contributed by atoms with Crippen LogP contribution >= 0.6 is 11.6 Å². The minimum atomic E-state index is -0.519. The Morgan fingerprint density at radius 2 is 1.72 bits per heavy atom. The molecule has 1 heterocycles. The van der Waals surface area contributed by atoms with Crippen LogP contribution in [-0.4, -0.2) is 17.8 Å². The number of esters is 1. The average molecular weight is 447 g/mol. The van der Waals surface area contributed by atoms with Crippen LogP contribution in [-0.2, 0) is 20.9 Å². The van der Waals surface area contributed by atoms with Crippen molar-refractivity contribution in [1.29, 1.82) is 0 Å². The van der Waals surface area contributed by atoms with E-state index < -0.39 is 5.97 Å². The highest BCUT2D eigenvalue weighted by Crippen LogP contribution is 2.22. The van der Waals surface area contributed by atoms with Gasteiger partial charge < -0.3 is 14.8 Å². The standard InChI is InChI=1S/C25H19ClN2O4/c1-16(29)27-21-10-6-19(7-11-21)24-28-23(25(30)32-24)14-17-4-12-22(13-5-17)31-15-18-2-8-20(26)9-3-18/h2-14H,15H2,1H3,(H,27,29)/b23-14-. The maximum absolute atomic E-state index is 12.2. The van der Waals surface area contributed by atoms with Crippen molar-refractivity contribution in [2.45, 2.75) is 13.5 Å². The molecular weight excluding hydrogens is 428 g/mol. The number of amides is 1. The predicted octanol–water partition coefficient (Wildman–Crippen LogP) is 5.22. The summed E-state index contributed by atoms with van der Waals surface area (Å²) in [6, 6.07) is 21.7. The topological polar surface area (TPSA) is 77.0 Å². The molecule has 0 fully saturated rings. The van der Waals surface area contributed by atoms with Crippen molar-refractivity contribution in [2.75, 3.05) is 5.32 Å². The van der Waals surface area contributed by atoms with E-state index in [9.17, 15) is 9.59 Å². The fourth-order valence-corrected chi connectivity index (χ4v) is 3.12. The van der Waals surface area contributed by atoms with Crippen molar-refractivity contribution < 1.29 is 19.1 Å². The zero-order chi connectivity index (χ0) is 22.5. The summed E-state index contributed by atoms with van der Waals surface area (Å²) < 4.78 is 11.1. The lowest BCUT2D eigenvalue weighted by Crippen LogP contribution is -2.07. The van der Waals surface area contributed by atoms with Crippen molar-refractivity contribution >= 4 is 41.1 Å². The minimum Gasteiger partial charge on any atom is -0.489 e. The van der Waals surface area contributed by atoms with Gasteiger partial charge in [-0.25, -0.2) is 9.79 Å². The van der Waals surface area contributed by atoms with E-state index in [1.54, 1.807) is 30.3 Å². The van der Waals surface area contributed by atoms with Crippen LogP contribution in [0.2, 0.25) is 5.02 Å². The van der Waals surface area contributed by atoms with Gasteiger partial charge in [0.2, 0.25) is 11.8 Å². The second kappa shape index (κ2) is 9.49. The van der Waals surface area contributed by atoms with Crippen molar-refractivity contribution in [3.05, 3.63) is 100 Å². The van der Waals surface area contributed by atoms with Gasteiger partial charge in [-0.2, -0.15) is 0 Å². The molecule has 0 aromatic heterocycles. The fourth-order valence-electron chi connectivity index (χ4n) is 3.00. The molecule has 0 saturated heterocycles. The van der Waals surface area contributed by atoms with Crippen LogP contribution in [0.1, 0.15) is 23.6 Å². The van der Waals surface area contributed by atoms with Crippen LogP contribution in [0.25, 0.3) is 6.08 Å². The summed E-state index contributed by atoms with van der Waals surface area (Å²) in [6.45, 7) is 1.87. The lowest BCUT2D eigenvalue weighted by molar-refractivity contribution is -0.129. The van der Waals surface area contributed by atoms with Gasteiger partial charge in [-0.15, -0.1) is 0 Å². The molecule has 160 valence electrons. The molecule has 3 aromatic carbocycles. The molecule has 3 aromatic rings. The molecule has 0 aliphatic carbocycles. The summed E-state index contributed by atoms with van der Waals surface area (Å²) in [5.41, 5.74) is 3.31. The van der Waals surface area contributed by atoms with Gasteiger partial charge in [0.1, 0.15) is 12.4 Å². The largest absolute Gasteiger partial charge is 0.489 e. The Labute approximate surface area is 190 Å². The zero-order valence-corrected chi connectivity index (χ0v) is 17.9. The first-order valence-electron chi connectivity index (χ1n) is 9.84. The van der Waals surface area contributed by atoms with Gasteiger partial charge in [0.05, 0.1) is 0 Å². The van der Waals surface area contributed by atoms with Crippen LogP contribution in [0.4, 0.5) is 5.69 Å². The average Bonchev–Trinajstić information content (AvgIpc) is 3.14. The Bertz CT molecular complexity index is 1200. The Balaban J connectivity index is 1.42. The molecule has 32 heavy (non-hydrogen) atoms. The lowest BCUT2D eigenvalue weighted by atomic mass is 10.2.